The van der Waals surface area contributed by atoms with Crippen LogP contribution in [-0.4, -0.2) is 15.1 Å². The molecule has 0 aliphatic heterocycles. The van der Waals surface area contributed by atoms with Gasteiger partial charge < -0.3 is 10.0 Å². The zero-order valence-corrected chi connectivity index (χ0v) is 27.5. The van der Waals surface area contributed by atoms with Crippen molar-refractivity contribution in [1.29, 1.82) is 0 Å². The first-order valence-corrected chi connectivity index (χ1v) is 15.2. The largest absolute Gasteiger partial charge is 0.507 e. The molecule has 47 heavy (non-hydrogen) atoms. The molecule has 5 heteroatoms. The molecule has 0 atom stereocenters. The van der Waals surface area contributed by atoms with Gasteiger partial charge in [0.15, 0.2) is 0 Å². The normalized spacial score (nSPS) is 10.9. The number of aromatic nitrogens is 2. The number of benzene rings is 6. The monoisotopic (exact) mass is 785 g/mol. The van der Waals surface area contributed by atoms with E-state index in [1.54, 1.807) is 6.07 Å². The molecule has 0 saturated heterocycles. The van der Waals surface area contributed by atoms with Crippen LogP contribution in [0.3, 0.4) is 0 Å². The summed E-state index contributed by atoms with van der Waals surface area (Å²) in [6.07, 6.45) is 1.86. The molecule has 0 fully saturated rings. The van der Waals surface area contributed by atoms with Crippen LogP contribution < -0.4 is 4.90 Å². The van der Waals surface area contributed by atoms with Gasteiger partial charge in [0.05, 0.1) is 11.4 Å². The van der Waals surface area contributed by atoms with Gasteiger partial charge in [0, 0.05) is 43.6 Å². The summed E-state index contributed by atoms with van der Waals surface area (Å²) in [4.78, 5) is 12.2. The number of hydrogen-bond acceptors (Lipinski definition) is 4. The smallest absolute Gasteiger partial charge is 0.144 e. The molecule has 0 unspecified atom stereocenters. The van der Waals surface area contributed by atoms with E-state index in [9.17, 15) is 5.11 Å². The standard InChI is InChI=1S/C42H28N3O.Pt/c46-41-23-9-8-21-37(41)39-28-33(29-12-2-1-3-13-29)27-38(44-39)32-17-10-18-34(26-32)45(40-22-11-16-30-14-4-6-19-35(30)40)42-36-20-7-5-15-31(36)24-25-43-42;/h1-25,27-28,46H;/q-1;. The van der Waals surface area contributed by atoms with Crippen LogP contribution in [0.5, 0.6) is 5.75 Å². The Morgan fingerprint density at radius 2 is 1.21 bits per heavy atom. The van der Waals surface area contributed by atoms with Gasteiger partial charge in [-0.15, -0.1) is 29.8 Å². The van der Waals surface area contributed by atoms with Crippen LogP contribution in [0.2, 0.25) is 0 Å². The fraction of sp³-hybridized carbons (Fsp3) is 0. The first kappa shape index (κ1) is 30.1. The summed E-state index contributed by atoms with van der Waals surface area (Å²) in [5.41, 5.74) is 6.87. The molecule has 4 nitrogen and oxygen atoms in total. The molecule has 0 aliphatic rings. The molecule has 1 N–H and O–H groups in total. The predicted octanol–water partition coefficient (Wildman–Crippen LogP) is 10.8. The molecule has 228 valence electrons. The maximum absolute atomic E-state index is 10.8. The third kappa shape index (κ3) is 5.80. The fourth-order valence-corrected chi connectivity index (χ4v) is 6.07. The summed E-state index contributed by atoms with van der Waals surface area (Å²) in [6.45, 7) is 0. The molecular weight excluding hydrogens is 758 g/mol. The van der Waals surface area contributed by atoms with Crippen molar-refractivity contribution in [3.05, 3.63) is 170 Å². The quantitative estimate of drug-likeness (QED) is 0.171. The molecular formula is C42H28N3OPt-. The Morgan fingerprint density at radius 1 is 0.553 bits per heavy atom. The number of nitrogens with zero attached hydrogens (tertiary/aromatic N) is 3. The van der Waals surface area contributed by atoms with E-state index in [-0.39, 0.29) is 26.8 Å². The SMILES string of the molecule is Oc1ccccc1-c1cc(-c2ccccc2)cc(-c2[c-]c(N(c3cccc4ccccc34)c3nccc4ccccc34)ccc2)n1.[Pt]. The predicted molar refractivity (Wildman–Crippen MR) is 189 cm³/mol. The van der Waals surface area contributed by atoms with Crippen LogP contribution in [0.1, 0.15) is 0 Å². The second-order valence-electron chi connectivity index (χ2n) is 11.1. The number of aromatic hydroxyl groups is 1. The molecule has 2 heterocycles. The van der Waals surface area contributed by atoms with Crippen LogP contribution in [0.4, 0.5) is 17.2 Å². The van der Waals surface area contributed by atoms with E-state index in [1.165, 1.54) is 0 Å². The average Bonchev–Trinajstić information content (AvgIpc) is 3.12. The van der Waals surface area contributed by atoms with Gasteiger partial charge in [-0.25, -0.2) is 4.98 Å². The zero-order valence-electron chi connectivity index (χ0n) is 25.2. The molecule has 0 saturated carbocycles. The molecule has 2 aromatic heterocycles. The van der Waals surface area contributed by atoms with E-state index >= 15 is 0 Å². The molecule has 6 aromatic carbocycles. The molecule has 0 amide bonds. The Balaban J connectivity index is 0.00000351. The summed E-state index contributed by atoms with van der Waals surface area (Å²) in [5, 5.41) is 15.2. The number of phenolic OH excluding ortho intramolecular Hbond substituents is 1. The number of anilines is 3. The summed E-state index contributed by atoms with van der Waals surface area (Å²) in [6, 6.07) is 56.7. The van der Waals surface area contributed by atoms with Crippen molar-refractivity contribution in [3.8, 4) is 39.4 Å². The van der Waals surface area contributed by atoms with E-state index in [0.29, 0.717) is 11.3 Å². The molecule has 0 aliphatic carbocycles. The van der Waals surface area contributed by atoms with Crippen LogP contribution in [-0.2, 0) is 21.1 Å². The van der Waals surface area contributed by atoms with Crippen LogP contribution in [0.25, 0.3) is 55.2 Å². The van der Waals surface area contributed by atoms with Crippen molar-refractivity contribution in [1.82, 2.24) is 9.97 Å². The number of para-hydroxylation sites is 1. The third-order valence-corrected chi connectivity index (χ3v) is 8.28. The fourth-order valence-electron chi connectivity index (χ4n) is 6.07. The van der Waals surface area contributed by atoms with Crippen LogP contribution in [0, 0.1) is 6.07 Å². The van der Waals surface area contributed by atoms with Gasteiger partial charge in [-0.2, -0.15) is 0 Å². The first-order chi connectivity index (χ1) is 22.7. The van der Waals surface area contributed by atoms with Crippen molar-refractivity contribution in [2.45, 2.75) is 0 Å². The van der Waals surface area contributed by atoms with Crippen LogP contribution in [0.15, 0.2) is 164 Å². The second kappa shape index (κ2) is 13.0. The average molecular weight is 786 g/mol. The van der Waals surface area contributed by atoms with Crippen LogP contribution >= 0.6 is 0 Å². The zero-order chi connectivity index (χ0) is 30.9. The Bertz CT molecular complexity index is 2270. The number of pyridine rings is 2. The van der Waals surface area contributed by atoms with E-state index in [0.717, 1.165) is 61.1 Å². The minimum absolute atomic E-state index is 0. The van der Waals surface area contributed by atoms with Crippen molar-refractivity contribution in [3.63, 3.8) is 0 Å². The number of fused-ring (bicyclic) bond motifs is 2. The number of hydrogen-bond donors (Lipinski definition) is 1. The van der Waals surface area contributed by atoms with Crippen molar-refractivity contribution in [2.75, 3.05) is 4.90 Å². The second-order valence-corrected chi connectivity index (χ2v) is 11.1. The summed E-state index contributed by atoms with van der Waals surface area (Å²) in [5.74, 6) is 1.01. The van der Waals surface area contributed by atoms with Gasteiger partial charge in [-0.1, -0.05) is 109 Å². The maximum atomic E-state index is 10.8. The number of phenols is 1. The molecule has 0 bridgehead atoms. The van der Waals surface area contributed by atoms with Gasteiger partial charge in [0.2, 0.25) is 0 Å². The Morgan fingerprint density at radius 3 is 2.04 bits per heavy atom. The molecule has 8 rings (SSSR count). The van der Waals surface area contributed by atoms with Crippen molar-refractivity contribution >= 4 is 38.7 Å². The third-order valence-electron chi connectivity index (χ3n) is 8.28. The van der Waals surface area contributed by atoms with E-state index in [1.807, 2.05) is 66.9 Å². The van der Waals surface area contributed by atoms with E-state index in [4.69, 9.17) is 9.97 Å². The topological polar surface area (TPSA) is 49.2 Å². The Hall–Kier alpha value is -5.57. The van der Waals surface area contributed by atoms with E-state index in [2.05, 4.69) is 102 Å². The Kier molecular flexibility index (Phi) is 8.35. The molecule has 8 aromatic rings. The van der Waals surface area contributed by atoms with Gasteiger partial charge in [0.25, 0.3) is 0 Å². The maximum Gasteiger partial charge on any atom is 0.144 e. The summed E-state index contributed by atoms with van der Waals surface area (Å²) < 4.78 is 0. The van der Waals surface area contributed by atoms with Gasteiger partial charge >= 0.3 is 0 Å². The minimum atomic E-state index is 0. The van der Waals surface area contributed by atoms with Gasteiger partial charge in [-0.05, 0) is 63.6 Å². The summed E-state index contributed by atoms with van der Waals surface area (Å²) in [7, 11) is 0. The van der Waals surface area contributed by atoms with Gasteiger partial charge in [-0.3, -0.25) is 4.98 Å². The van der Waals surface area contributed by atoms with Crippen molar-refractivity contribution < 1.29 is 26.2 Å². The number of rotatable bonds is 6. The first-order valence-electron chi connectivity index (χ1n) is 15.2. The van der Waals surface area contributed by atoms with Crippen molar-refractivity contribution in [2.24, 2.45) is 0 Å². The molecule has 0 radical (unpaired) electrons. The van der Waals surface area contributed by atoms with E-state index < -0.39 is 0 Å². The summed E-state index contributed by atoms with van der Waals surface area (Å²) >= 11 is 0. The minimum Gasteiger partial charge on any atom is -0.507 e. The van der Waals surface area contributed by atoms with Gasteiger partial charge in [0.1, 0.15) is 11.6 Å². The Labute approximate surface area is 287 Å². The molecule has 0 spiro atoms.